The van der Waals surface area contributed by atoms with Gasteiger partial charge < -0.3 is 15.0 Å². The number of halogens is 3. The van der Waals surface area contributed by atoms with E-state index in [9.17, 15) is 18.0 Å². The Hall–Kier alpha value is -2.77. The Balaban J connectivity index is 1.70. The van der Waals surface area contributed by atoms with Crippen LogP contribution in [0.3, 0.4) is 0 Å². The van der Waals surface area contributed by atoms with Crippen molar-refractivity contribution in [3.63, 3.8) is 0 Å². The van der Waals surface area contributed by atoms with Crippen molar-refractivity contribution in [2.24, 2.45) is 5.92 Å². The highest BCUT2D eigenvalue weighted by atomic mass is 19.4. The first-order valence-electron chi connectivity index (χ1n) is 8.93. The summed E-state index contributed by atoms with van der Waals surface area (Å²) in [6.45, 7) is 4.78. The third-order valence-electron chi connectivity index (χ3n) is 5.12. The predicted octanol–water partition coefficient (Wildman–Crippen LogP) is 5.38. The van der Waals surface area contributed by atoms with E-state index < -0.39 is 23.7 Å². The summed E-state index contributed by atoms with van der Waals surface area (Å²) in [5.74, 6) is -0.355. The molecule has 1 fully saturated rings. The molecule has 1 aliphatic rings. The smallest absolute Gasteiger partial charge is 0.394 e. The molecule has 150 valence electrons. The van der Waals surface area contributed by atoms with Gasteiger partial charge in [-0.15, -0.1) is 0 Å². The van der Waals surface area contributed by atoms with E-state index in [0.29, 0.717) is 17.2 Å². The summed E-state index contributed by atoms with van der Waals surface area (Å²) in [6.07, 6.45) is -1.20. The molecule has 0 bridgehead atoms. The number of nitrogens with one attached hydrogen (secondary N) is 1. The minimum Gasteiger partial charge on any atom is -0.455 e. The second-order valence-electron chi connectivity index (χ2n) is 7.39. The quantitative estimate of drug-likeness (QED) is 0.762. The molecule has 0 aliphatic carbocycles. The molecule has 0 saturated carbocycles. The lowest BCUT2D eigenvalue weighted by molar-refractivity contribution is -0.189. The number of amides is 2. The molecule has 8 heteroatoms. The Morgan fingerprint density at radius 3 is 2.64 bits per heavy atom. The van der Waals surface area contributed by atoms with E-state index in [2.05, 4.69) is 10.3 Å². The topological polar surface area (TPSA) is 54.5 Å². The van der Waals surface area contributed by atoms with Crippen molar-refractivity contribution in [3.05, 3.63) is 48.3 Å². The molecule has 2 heterocycles. The van der Waals surface area contributed by atoms with Gasteiger partial charge in [0, 0.05) is 18.4 Å². The van der Waals surface area contributed by atoms with Crippen molar-refractivity contribution in [1.29, 1.82) is 0 Å². The van der Waals surface area contributed by atoms with Crippen LogP contribution in [0.2, 0.25) is 0 Å². The number of urea groups is 1. The van der Waals surface area contributed by atoms with E-state index in [1.165, 1.54) is 18.7 Å². The number of aryl methyl sites for hydroxylation is 1. The molecule has 2 amide bonds. The van der Waals surface area contributed by atoms with Crippen molar-refractivity contribution in [2.75, 3.05) is 11.9 Å². The van der Waals surface area contributed by atoms with Gasteiger partial charge >= 0.3 is 12.2 Å². The van der Waals surface area contributed by atoms with E-state index in [1.54, 1.807) is 42.7 Å². The Bertz CT molecular complexity index is 854. The van der Waals surface area contributed by atoms with Crippen LogP contribution >= 0.6 is 0 Å². The zero-order valence-electron chi connectivity index (χ0n) is 15.9. The number of nitrogens with zero attached hydrogens (tertiary/aromatic N) is 2. The van der Waals surface area contributed by atoms with Crippen molar-refractivity contribution >= 4 is 11.7 Å². The van der Waals surface area contributed by atoms with E-state index in [-0.39, 0.29) is 13.0 Å². The SMILES string of the molecule is Cc1cc(NC(=O)N2CCC(C(F)(F)F)C2(C)C)ccc1Oc1cccnc1. The number of hydrogen-bond donors (Lipinski definition) is 1. The van der Waals surface area contributed by atoms with Crippen LogP contribution in [0.15, 0.2) is 42.7 Å². The van der Waals surface area contributed by atoms with Gasteiger partial charge in [0.25, 0.3) is 0 Å². The zero-order valence-corrected chi connectivity index (χ0v) is 15.9. The lowest BCUT2D eigenvalue weighted by Gasteiger charge is -2.36. The lowest BCUT2D eigenvalue weighted by Crippen LogP contribution is -2.51. The molecule has 1 unspecified atom stereocenters. The average Bonchev–Trinajstić information content (AvgIpc) is 2.93. The highest BCUT2D eigenvalue weighted by Gasteiger charge is 2.56. The van der Waals surface area contributed by atoms with Gasteiger partial charge in [-0.05, 0) is 63.1 Å². The van der Waals surface area contributed by atoms with Crippen molar-refractivity contribution in [2.45, 2.75) is 38.9 Å². The summed E-state index contributed by atoms with van der Waals surface area (Å²) in [5, 5.41) is 2.70. The van der Waals surface area contributed by atoms with Gasteiger partial charge in [-0.1, -0.05) is 0 Å². The number of anilines is 1. The number of pyridine rings is 1. The predicted molar refractivity (Wildman–Crippen MR) is 99.5 cm³/mol. The second-order valence-corrected chi connectivity index (χ2v) is 7.39. The summed E-state index contributed by atoms with van der Waals surface area (Å²) >= 11 is 0. The van der Waals surface area contributed by atoms with Gasteiger partial charge in [0.2, 0.25) is 0 Å². The number of benzene rings is 1. The Morgan fingerprint density at radius 1 is 1.32 bits per heavy atom. The fourth-order valence-electron chi connectivity index (χ4n) is 3.58. The molecule has 0 radical (unpaired) electrons. The van der Waals surface area contributed by atoms with Gasteiger partial charge in [-0.2, -0.15) is 13.2 Å². The fourth-order valence-corrected chi connectivity index (χ4v) is 3.58. The summed E-state index contributed by atoms with van der Waals surface area (Å²) in [4.78, 5) is 17.8. The average molecular weight is 393 g/mol. The van der Waals surface area contributed by atoms with Gasteiger partial charge in [-0.25, -0.2) is 4.79 Å². The van der Waals surface area contributed by atoms with Crippen LogP contribution in [0.4, 0.5) is 23.7 Å². The molecule has 1 aliphatic heterocycles. The Kier molecular flexibility index (Phi) is 5.23. The number of ether oxygens (including phenoxy) is 1. The van der Waals surface area contributed by atoms with Crippen LogP contribution in [-0.4, -0.2) is 34.2 Å². The van der Waals surface area contributed by atoms with Gasteiger partial charge in [0.1, 0.15) is 11.5 Å². The third kappa shape index (κ3) is 4.05. The standard InChI is InChI=1S/C20H22F3N3O2/c1-13-11-14(6-7-16(13)28-15-5-4-9-24-12-15)25-18(27)26-10-8-17(19(26,2)3)20(21,22)23/h4-7,9,11-12,17H,8,10H2,1-3H3,(H,25,27). The monoisotopic (exact) mass is 393 g/mol. The molecular weight excluding hydrogens is 371 g/mol. The summed E-state index contributed by atoms with van der Waals surface area (Å²) in [6, 6.07) is 8.05. The number of rotatable bonds is 3. The van der Waals surface area contributed by atoms with Gasteiger partial charge in [0.05, 0.1) is 17.7 Å². The molecule has 3 rings (SSSR count). The highest BCUT2D eigenvalue weighted by molar-refractivity contribution is 5.90. The van der Waals surface area contributed by atoms with Crippen LogP contribution in [-0.2, 0) is 0 Å². The molecule has 1 saturated heterocycles. The molecule has 0 spiro atoms. The number of hydrogen-bond acceptors (Lipinski definition) is 3. The van der Waals surface area contributed by atoms with E-state index in [0.717, 1.165) is 5.56 Å². The normalized spacial score (nSPS) is 18.8. The molecule has 28 heavy (non-hydrogen) atoms. The van der Waals surface area contributed by atoms with Crippen LogP contribution in [0.25, 0.3) is 0 Å². The number of aromatic nitrogens is 1. The first-order valence-corrected chi connectivity index (χ1v) is 8.93. The third-order valence-corrected chi connectivity index (χ3v) is 5.12. The van der Waals surface area contributed by atoms with Crippen molar-refractivity contribution in [1.82, 2.24) is 9.88 Å². The van der Waals surface area contributed by atoms with E-state index >= 15 is 0 Å². The highest BCUT2D eigenvalue weighted by Crippen LogP contribution is 2.44. The molecule has 5 nitrogen and oxygen atoms in total. The Labute approximate surface area is 161 Å². The summed E-state index contributed by atoms with van der Waals surface area (Å²) in [7, 11) is 0. The summed E-state index contributed by atoms with van der Waals surface area (Å²) < 4.78 is 45.4. The maximum absolute atomic E-state index is 13.2. The number of carbonyl (C=O) groups is 1. The minimum absolute atomic E-state index is 0.0597. The lowest BCUT2D eigenvalue weighted by atomic mass is 9.88. The molecule has 1 N–H and O–H groups in total. The van der Waals surface area contributed by atoms with Crippen LogP contribution in [0.5, 0.6) is 11.5 Å². The molecule has 2 aromatic rings. The van der Waals surface area contributed by atoms with Gasteiger partial charge in [-0.3, -0.25) is 4.98 Å². The maximum atomic E-state index is 13.2. The maximum Gasteiger partial charge on any atom is 0.394 e. The molecule has 1 aromatic carbocycles. The van der Waals surface area contributed by atoms with Crippen LogP contribution < -0.4 is 10.1 Å². The van der Waals surface area contributed by atoms with Crippen LogP contribution in [0, 0.1) is 12.8 Å². The van der Waals surface area contributed by atoms with Crippen molar-refractivity contribution in [3.8, 4) is 11.5 Å². The molecule has 1 aromatic heterocycles. The van der Waals surface area contributed by atoms with E-state index in [4.69, 9.17) is 4.74 Å². The first-order chi connectivity index (χ1) is 13.1. The molecular formula is C20H22F3N3O2. The number of likely N-dealkylation sites (tertiary alicyclic amines) is 1. The Morgan fingerprint density at radius 2 is 2.07 bits per heavy atom. The van der Waals surface area contributed by atoms with Gasteiger partial charge in [0.15, 0.2) is 0 Å². The number of alkyl halides is 3. The largest absolute Gasteiger partial charge is 0.455 e. The van der Waals surface area contributed by atoms with E-state index in [1.807, 2.05) is 6.92 Å². The minimum atomic E-state index is -4.33. The summed E-state index contributed by atoms with van der Waals surface area (Å²) in [5.41, 5.74) is -0.0383. The zero-order chi connectivity index (χ0) is 20.5. The number of carbonyl (C=O) groups excluding carboxylic acids is 1. The first kappa shape index (κ1) is 20.0. The van der Waals surface area contributed by atoms with Crippen molar-refractivity contribution < 1.29 is 22.7 Å². The fraction of sp³-hybridized carbons (Fsp3) is 0.400. The van der Waals surface area contributed by atoms with Crippen LogP contribution in [0.1, 0.15) is 25.8 Å². The second kappa shape index (κ2) is 7.33. The molecule has 1 atom stereocenters.